The van der Waals surface area contributed by atoms with E-state index >= 15 is 0 Å². The van der Waals surface area contributed by atoms with Gasteiger partial charge in [-0.15, -0.1) is 0 Å². The summed E-state index contributed by atoms with van der Waals surface area (Å²) in [6.45, 7) is 0.316. The van der Waals surface area contributed by atoms with Gasteiger partial charge < -0.3 is 9.42 Å². The van der Waals surface area contributed by atoms with Crippen molar-refractivity contribution in [2.75, 3.05) is 13.1 Å². The number of hydrogen-bond acceptors (Lipinski definition) is 5. The Morgan fingerprint density at radius 2 is 1.70 bits per heavy atom. The van der Waals surface area contributed by atoms with Crippen LogP contribution in [0.5, 0.6) is 0 Å². The fraction of sp³-hybridized carbons (Fsp3) is 0.182. The lowest BCUT2D eigenvalue weighted by atomic mass is 10.0. The van der Waals surface area contributed by atoms with Crippen molar-refractivity contribution in [2.45, 2.75) is 13.0 Å². The van der Waals surface area contributed by atoms with E-state index in [1.807, 2.05) is 0 Å². The number of benzene rings is 2. The molecule has 0 spiro atoms. The van der Waals surface area contributed by atoms with Crippen molar-refractivity contribution < 1.29 is 23.3 Å². The molecule has 5 rings (SSSR count). The van der Waals surface area contributed by atoms with E-state index in [2.05, 4.69) is 5.16 Å². The molecule has 2 aromatic carbocycles. The summed E-state index contributed by atoms with van der Waals surface area (Å²) >= 11 is 0. The molecule has 1 aromatic heterocycles. The summed E-state index contributed by atoms with van der Waals surface area (Å²) in [5, 5.41) is 4.07. The summed E-state index contributed by atoms with van der Waals surface area (Å²) in [6.07, 6.45) is 0.513. The quantitative estimate of drug-likeness (QED) is 0.626. The first-order chi connectivity index (χ1) is 14.5. The van der Waals surface area contributed by atoms with Crippen molar-refractivity contribution >= 4 is 17.7 Å². The van der Waals surface area contributed by atoms with E-state index < -0.39 is 11.8 Å². The first-order valence-corrected chi connectivity index (χ1v) is 9.49. The number of carbonyl (C=O) groups is 3. The number of fused-ring (bicyclic) bond motifs is 2. The Labute approximate surface area is 170 Å². The second-order valence-electron chi connectivity index (χ2n) is 7.25. The van der Waals surface area contributed by atoms with Crippen LogP contribution in [0.4, 0.5) is 4.39 Å². The molecule has 0 fully saturated rings. The van der Waals surface area contributed by atoms with Gasteiger partial charge >= 0.3 is 0 Å². The number of rotatable bonds is 3. The molecule has 0 unspecified atom stereocenters. The molecular weight excluding hydrogens is 389 g/mol. The number of nitrogens with zero attached hydrogens (tertiary/aromatic N) is 3. The fourth-order valence-corrected chi connectivity index (χ4v) is 3.89. The van der Waals surface area contributed by atoms with Crippen molar-refractivity contribution in [1.29, 1.82) is 0 Å². The van der Waals surface area contributed by atoms with Gasteiger partial charge in [-0.3, -0.25) is 19.3 Å². The van der Waals surface area contributed by atoms with Crippen molar-refractivity contribution in [3.63, 3.8) is 0 Å². The minimum atomic E-state index is -0.457. The Bertz CT molecular complexity index is 1150. The van der Waals surface area contributed by atoms with Gasteiger partial charge in [0.05, 0.1) is 17.7 Å². The molecule has 3 amide bonds. The molecule has 150 valence electrons. The molecule has 0 saturated carbocycles. The van der Waals surface area contributed by atoms with Gasteiger partial charge in [0.2, 0.25) is 5.91 Å². The molecule has 3 aromatic rings. The van der Waals surface area contributed by atoms with Gasteiger partial charge in [-0.1, -0.05) is 17.3 Å². The second kappa shape index (κ2) is 6.91. The standard InChI is InChI=1S/C22H16FN3O4/c23-14-7-5-13(6-8-14)20-17-9-10-25(11-18(17)24-30-20)19(27)12-26-21(28)15-3-1-2-4-16(15)22(26)29/h1-8H,9-12H2. The van der Waals surface area contributed by atoms with E-state index in [1.54, 1.807) is 41.3 Å². The molecule has 0 aliphatic carbocycles. The number of amides is 3. The van der Waals surface area contributed by atoms with Gasteiger partial charge in [-0.05, 0) is 42.8 Å². The van der Waals surface area contributed by atoms with Gasteiger partial charge in [0.25, 0.3) is 11.8 Å². The minimum Gasteiger partial charge on any atom is -0.356 e. The predicted octanol–water partition coefficient (Wildman–Crippen LogP) is 2.66. The lowest BCUT2D eigenvalue weighted by molar-refractivity contribution is -0.132. The molecule has 0 atom stereocenters. The molecule has 3 heterocycles. The Morgan fingerprint density at radius 3 is 2.37 bits per heavy atom. The number of halogens is 1. The molecule has 8 heteroatoms. The Hall–Kier alpha value is -3.81. The van der Waals surface area contributed by atoms with Crippen molar-refractivity contribution in [2.24, 2.45) is 0 Å². The van der Waals surface area contributed by atoms with Gasteiger partial charge in [-0.25, -0.2) is 4.39 Å². The average Bonchev–Trinajstić information content (AvgIpc) is 3.29. The highest BCUT2D eigenvalue weighted by Gasteiger charge is 2.37. The molecule has 0 bridgehead atoms. The minimum absolute atomic E-state index is 0.224. The lowest BCUT2D eigenvalue weighted by Gasteiger charge is -2.27. The zero-order valence-corrected chi connectivity index (χ0v) is 15.8. The van der Waals surface area contributed by atoms with Gasteiger partial charge in [0.1, 0.15) is 18.1 Å². The monoisotopic (exact) mass is 405 g/mol. The van der Waals surface area contributed by atoms with Crippen molar-refractivity contribution in [3.8, 4) is 11.3 Å². The number of aromatic nitrogens is 1. The zero-order chi connectivity index (χ0) is 20.8. The molecule has 0 N–H and O–H groups in total. The molecule has 0 radical (unpaired) electrons. The van der Waals surface area contributed by atoms with Crippen LogP contribution in [0.25, 0.3) is 11.3 Å². The van der Waals surface area contributed by atoms with Gasteiger partial charge in [0.15, 0.2) is 5.76 Å². The van der Waals surface area contributed by atoms with E-state index in [4.69, 9.17) is 4.52 Å². The zero-order valence-electron chi connectivity index (χ0n) is 15.8. The van der Waals surface area contributed by atoms with Crippen LogP contribution in [0.3, 0.4) is 0 Å². The van der Waals surface area contributed by atoms with E-state index in [0.29, 0.717) is 35.5 Å². The largest absolute Gasteiger partial charge is 0.356 e. The van der Waals surface area contributed by atoms with E-state index in [9.17, 15) is 18.8 Å². The maximum absolute atomic E-state index is 13.2. The van der Waals surface area contributed by atoms with Crippen LogP contribution in [-0.2, 0) is 17.8 Å². The topological polar surface area (TPSA) is 83.7 Å². The van der Waals surface area contributed by atoms with E-state index in [0.717, 1.165) is 16.0 Å². The number of hydrogen-bond donors (Lipinski definition) is 0. The molecule has 0 saturated heterocycles. The van der Waals surface area contributed by atoms with Gasteiger partial charge in [-0.2, -0.15) is 0 Å². The first kappa shape index (κ1) is 18.2. The Balaban J connectivity index is 1.31. The average molecular weight is 405 g/mol. The normalized spacial score (nSPS) is 15.4. The number of imide groups is 1. The van der Waals surface area contributed by atoms with Crippen LogP contribution in [-0.4, -0.2) is 45.8 Å². The highest BCUT2D eigenvalue weighted by molar-refractivity contribution is 6.22. The predicted molar refractivity (Wildman–Crippen MR) is 103 cm³/mol. The lowest BCUT2D eigenvalue weighted by Crippen LogP contribution is -2.44. The highest BCUT2D eigenvalue weighted by Crippen LogP contribution is 2.31. The third-order valence-electron chi connectivity index (χ3n) is 5.47. The maximum Gasteiger partial charge on any atom is 0.262 e. The van der Waals surface area contributed by atoms with Crippen LogP contribution in [0.2, 0.25) is 0 Å². The molecule has 2 aliphatic heterocycles. The maximum atomic E-state index is 13.2. The SMILES string of the molecule is O=C(CN1C(=O)c2ccccc2C1=O)N1CCc2c(noc2-c2ccc(F)cc2)C1. The third-order valence-corrected chi connectivity index (χ3v) is 5.47. The summed E-state index contributed by atoms with van der Waals surface area (Å²) in [7, 11) is 0. The highest BCUT2D eigenvalue weighted by atomic mass is 19.1. The first-order valence-electron chi connectivity index (χ1n) is 9.49. The molecule has 7 nitrogen and oxygen atoms in total. The van der Waals surface area contributed by atoms with E-state index in [1.165, 1.54) is 12.1 Å². The van der Waals surface area contributed by atoms with E-state index in [-0.39, 0.29) is 24.8 Å². The number of carbonyl (C=O) groups excluding carboxylic acids is 3. The summed E-state index contributed by atoms with van der Waals surface area (Å²) in [6, 6.07) is 12.5. The molecule has 2 aliphatic rings. The smallest absolute Gasteiger partial charge is 0.262 e. The van der Waals surface area contributed by atoms with Crippen LogP contribution >= 0.6 is 0 Å². The van der Waals surface area contributed by atoms with Crippen LogP contribution in [0.1, 0.15) is 32.0 Å². The summed E-state index contributed by atoms with van der Waals surface area (Å²) in [4.78, 5) is 40.3. The second-order valence-corrected chi connectivity index (χ2v) is 7.25. The van der Waals surface area contributed by atoms with Crippen molar-refractivity contribution in [1.82, 2.24) is 15.0 Å². The van der Waals surface area contributed by atoms with Crippen LogP contribution in [0.15, 0.2) is 53.1 Å². The van der Waals surface area contributed by atoms with Crippen molar-refractivity contribution in [3.05, 3.63) is 76.7 Å². The fourth-order valence-electron chi connectivity index (χ4n) is 3.89. The molecular formula is C22H16FN3O4. The Morgan fingerprint density at radius 1 is 1.03 bits per heavy atom. The van der Waals surface area contributed by atoms with Crippen LogP contribution < -0.4 is 0 Å². The van der Waals surface area contributed by atoms with Crippen LogP contribution in [0, 0.1) is 5.82 Å². The molecule has 30 heavy (non-hydrogen) atoms. The summed E-state index contributed by atoms with van der Waals surface area (Å²) < 4.78 is 18.6. The summed E-state index contributed by atoms with van der Waals surface area (Å²) in [5.41, 5.74) is 2.85. The van der Waals surface area contributed by atoms with Gasteiger partial charge in [0, 0.05) is 17.7 Å². The third kappa shape index (κ3) is 2.88. The Kier molecular flexibility index (Phi) is 4.20. The summed E-state index contributed by atoms with van der Waals surface area (Å²) in [5.74, 6) is -1.01.